The molecule has 2 saturated heterocycles. The Kier molecular flexibility index (Phi) is 6.50. The van der Waals surface area contributed by atoms with Crippen molar-refractivity contribution < 1.29 is 9.53 Å². The Bertz CT molecular complexity index is 1050. The number of imidazole rings is 1. The number of piperidine rings is 1. The third kappa shape index (κ3) is 4.70. The molecule has 8 nitrogen and oxygen atoms in total. The average Bonchev–Trinajstić information content (AvgIpc) is 3.44. The van der Waals surface area contributed by atoms with Gasteiger partial charge in [-0.15, -0.1) is 5.10 Å². The molecule has 1 amide bonds. The lowest BCUT2D eigenvalue weighted by molar-refractivity contribution is -0.137. The molecule has 3 aromatic rings. The van der Waals surface area contributed by atoms with Gasteiger partial charge in [-0.3, -0.25) is 9.69 Å². The third-order valence-corrected chi connectivity index (χ3v) is 7.67. The number of carbonyl (C=O) groups excluding carboxylic acids is 1. The van der Waals surface area contributed by atoms with E-state index in [1.165, 1.54) is 6.42 Å². The zero-order valence-corrected chi connectivity index (χ0v) is 20.3. The molecule has 1 unspecified atom stereocenters. The summed E-state index contributed by atoms with van der Waals surface area (Å²) in [6.07, 6.45) is 5.13. The molecule has 9 heteroatoms. The lowest BCUT2D eigenvalue weighted by Crippen LogP contribution is -2.52. The minimum absolute atomic E-state index is 0.0579. The number of anilines is 1. The molecule has 33 heavy (non-hydrogen) atoms. The molecule has 0 spiro atoms. The van der Waals surface area contributed by atoms with E-state index in [-0.39, 0.29) is 5.92 Å². The Morgan fingerprint density at radius 1 is 1.15 bits per heavy atom. The van der Waals surface area contributed by atoms with Gasteiger partial charge < -0.3 is 14.5 Å². The van der Waals surface area contributed by atoms with Gasteiger partial charge in [-0.2, -0.15) is 0 Å². The molecule has 0 N–H and O–H groups in total. The molecule has 2 fully saturated rings. The third-order valence-electron chi connectivity index (χ3n) is 6.68. The molecule has 4 heterocycles. The zero-order chi connectivity index (χ0) is 22.8. The predicted octanol–water partition coefficient (Wildman–Crippen LogP) is 3.24. The maximum Gasteiger partial charge on any atom is 0.227 e. The predicted molar refractivity (Wildman–Crippen MR) is 131 cm³/mol. The molecule has 5 rings (SSSR count). The van der Waals surface area contributed by atoms with Crippen molar-refractivity contribution in [3.63, 3.8) is 0 Å². The molecule has 176 valence electrons. The minimum atomic E-state index is 0.0579. The van der Waals surface area contributed by atoms with Crippen molar-refractivity contribution in [1.29, 1.82) is 0 Å². The summed E-state index contributed by atoms with van der Waals surface area (Å²) in [4.78, 5) is 25.7. The van der Waals surface area contributed by atoms with Gasteiger partial charge in [-0.1, -0.05) is 18.3 Å². The van der Waals surface area contributed by atoms with Crippen LogP contribution < -0.4 is 9.64 Å². The van der Waals surface area contributed by atoms with E-state index < -0.39 is 0 Å². The lowest BCUT2D eigenvalue weighted by Gasteiger charge is -2.38. The summed E-state index contributed by atoms with van der Waals surface area (Å²) in [6.45, 7) is 8.73. The quantitative estimate of drug-likeness (QED) is 0.553. The van der Waals surface area contributed by atoms with Crippen LogP contribution in [0.4, 0.5) is 5.13 Å². The lowest BCUT2D eigenvalue weighted by atomic mass is 9.96. The highest BCUT2D eigenvalue weighted by Gasteiger charge is 2.32. The fraction of sp³-hybridized carbons (Fsp3) is 0.542. The van der Waals surface area contributed by atoms with Crippen LogP contribution in [0.25, 0.3) is 16.2 Å². The van der Waals surface area contributed by atoms with E-state index in [2.05, 4.69) is 21.6 Å². The zero-order valence-electron chi connectivity index (χ0n) is 19.4. The summed E-state index contributed by atoms with van der Waals surface area (Å²) in [6, 6.07) is 7.90. The summed E-state index contributed by atoms with van der Waals surface area (Å²) >= 11 is 1.59. The smallest absolute Gasteiger partial charge is 0.227 e. The number of fused-ring (bicyclic) bond motifs is 1. The second-order valence-corrected chi connectivity index (χ2v) is 9.85. The van der Waals surface area contributed by atoms with Crippen LogP contribution in [0.3, 0.4) is 0 Å². The topological polar surface area (TPSA) is 66.2 Å². The van der Waals surface area contributed by atoms with Crippen molar-refractivity contribution in [1.82, 2.24) is 24.4 Å². The van der Waals surface area contributed by atoms with Gasteiger partial charge in [0, 0.05) is 44.8 Å². The SMILES string of the molecule is CCCN1CCN(C(=O)C2CCCN(c3nn4cc(-c5ccc(OC)cc5)nc4s3)C2)CC1. The van der Waals surface area contributed by atoms with Gasteiger partial charge in [0.25, 0.3) is 0 Å². The Morgan fingerprint density at radius 2 is 1.94 bits per heavy atom. The van der Waals surface area contributed by atoms with E-state index >= 15 is 0 Å². The monoisotopic (exact) mass is 468 g/mol. The number of nitrogens with zero attached hydrogens (tertiary/aromatic N) is 6. The fourth-order valence-corrected chi connectivity index (χ4v) is 5.76. The van der Waals surface area contributed by atoms with Crippen LogP contribution in [0.2, 0.25) is 0 Å². The molecule has 2 aliphatic heterocycles. The number of hydrogen-bond acceptors (Lipinski definition) is 7. The van der Waals surface area contributed by atoms with Crippen molar-refractivity contribution in [2.45, 2.75) is 26.2 Å². The van der Waals surface area contributed by atoms with Gasteiger partial charge in [0.1, 0.15) is 5.75 Å². The van der Waals surface area contributed by atoms with Crippen LogP contribution in [-0.4, -0.2) is 83.2 Å². The average molecular weight is 469 g/mol. The second kappa shape index (κ2) is 9.69. The summed E-state index contributed by atoms with van der Waals surface area (Å²) < 4.78 is 7.10. The molecular formula is C24H32N6O2S. The van der Waals surface area contributed by atoms with Crippen molar-refractivity contribution in [3.05, 3.63) is 30.5 Å². The second-order valence-electron chi connectivity index (χ2n) is 8.92. The fourth-order valence-electron chi connectivity index (χ4n) is 4.84. The number of ether oxygens (including phenoxy) is 1. The van der Waals surface area contributed by atoms with Crippen molar-refractivity contribution >= 4 is 27.3 Å². The summed E-state index contributed by atoms with van der Waals surface area (Å²) in [7, 11) is 1.67. The van der Waals surface area contributed by atoms with Crippen molar-refractivity contribution in [2.75, 3.05) is 57.8 Å². The van der Waals surface area contributed by atoms with E-state index in [1.807, 2.05) is 35.0 Å². The molecule has 0 radical (unpaired) electrons. The molecule has 1 atom stereocenters. The van der Waals surface area contributed by atoms with Crippen LogP contribution in [0.1, 0.15) is 26.2 Å². The largest absolute Gasteiger partial charge is 0.497 e. The van der Waals surface area contributed by atoms with Gasteiger partial charge in [0.2, 0.25) is 16.0 Å². The standard InChI is InChI=1S/C24H32N6O2S/c1-3-10-27-12-14-28(15-13-27)22(31)19-5-4-11-29(16-19)24-26-30-17-21(25-23(30)33-24)18-6-8-20(32-2)9-7-18/h6-9,17,19H,3-5,10-16H2,1-2H3. The Morgan fingerprint density at radius 3 is 2.64 bits per heavy atom. The summed E-state index contributed by atoms with van der Waals surface area (Å²) in [5.41, 5.74) is 1.94. The number of methoxy groups -OCH3 is 1. The first kappa shape index (κ1) is 22.2. The van der Waals surface area contributed by atoms with Crippen LogP contribution >= 0.6 is 11.3 Å². The highest BCUT2D eigenvalue weighted by Crippen LogP contribution is 2.30. The van der Waals surface area contributed by atoms with E-state index in [9.17, 15) is 4.79 Å². The van der Waals surface area contributed by atoms with Gasteiger partial charge >= 0.3 is 0 Å². The molecule has 1 aromatic carbocycles. The first-order chi connectivity index (χ1) is 16.1. The van der Waals surface area contributed by atoms with Crippen LogP contribution in [-0.2, 0) is 4.79 Å². The highest BCUT2D eigenvalue weighted by atomic mass is 32.1. The van der Waals surface area contributed by atoms with E-state index in [0.717, 1.165) is 85.8 Å². The minimum Gasteiger partial charge on any atom is -0.497 e. The number of rotatable bonds is 6. The Hall–Kier alpha value is -2.65. The highest BCUT2D eigenvalue weighted by molar-refractivity contribution is 7.20. The van der Waals surface area contributed by atoms with Crippen molar-refractivity contribution in [2.24, 2.45) is 5.92 Å². The number of piperazine rings is 1. The summed E-state index contributed by atoms with van der Waals surface area (Å²) in [5.74, 6) is 1.21. The summed E-state index contributed by atoms with van der Waals surface area (Å²) in [5, 5.41) is 5.74. The molecule has 0 bridgehead atoms. The maximum absolute atomic E-state index is 13.2. The van der Waals surface area contributed by atoms with E-state index in [1.54, 1.807) is 18.4 Å². The Balaban J connectivity index is 1.24. The number of aromatic nitrogens is 3. The molecule has 2 aromatic heterocycles. The van der Waals surface area contributed by atoms with Crippen LogP contribution in [0, 0.1) is 5.92 Å². The maximum atomic E-state index is 13.2. The van der Waals surface area contributed by atoms with Gasteiger partial charge in [-0.05, 0) is 50.1 Å². The molecule has 0 saturated carbocycles. The first-order valence-corrected chi connectivity index (χ1v) is 12.7. The number of benzene rings is 1. The first-order valence-electron chi connectivity index (χ1n) is 11.9. The van der Waals surface area contributed by atoms with Gasteiger partial charge in [-0.25, -0.2) is 9.50 Å². The Labute approximate surface area is 198 Å². The van der Waals surface area contributed by atoms with E-state index in [0.29, 0.717) is 5.91 Å². The van der Waals surface area contributed by atoms with Gasteiger partial charge in [0.05, 0.1) is 24.9 Å². The number of carbonyl (C=O) groups is 1. The number of hydrogen-bond donors (Lipinski definition) is 0. The normalized spacial score (nSPS) is 19.9. The molecule has 2 aliphatic rings. The van der Waals surface area contributed by atoms with Crippen molar-refractivity contribution in [3.8, 4) is 17.0 Å². The number of amides is 1. The molecular weight excluding hydrogens is 436 g/mol. The van der Waals surface area contributed by atoms with Crippen LogP contribution in [0.5, 0.6) is 5.75 Å². The molecule has 0 aliphatic carbocycles. The van der Waals surface area contributed by atoms with Crippen LogP contribution in [0.15, 0.2) is 30.5 Å². The van der Waals surface area contributed by atoms with Gasteiger partial charge in [0.15, 0.2) is 0 Å². The van der Waals surface area contributed by atoms with E-state index in [4.69, 9.17) is 14.8 Å².